The fourth-order valence-corrected chi connectivity index (χ4v) is 3.91. The zero-order valence-electron chi connectivity index (χ0n) is 13.9. The Kier molecular flexibility index (Phi) is 3.74. The van der Waals surface area contributed by atoms with Gasteiger partial charge in [-0.2, -0.15) is 0 Å². The predicted octanol–water partition coefficient (Wildman–Crippen LogP) is 3.20. The zero-order valence-corrected chi connectivity index (χ0v) is 13.9. The van der Waals surface area contributed by atoms with Crippen LogP contribution in [-0.2, 0) is 9.31 Å². The van der Waals surface area contributed by atoms with Crippen molar-refractivity contribution >= 4 is 7.12 Å². The Bertz CT molecular complexity index is 447. The van der Waals surface area contributed by atoms with Crippen LogP contribution in [0.15, 0.2) is 11.3 Å². The normalized spacial score (nSPS) is 37.7. The molecule has 5 heteroatoms. The van der Waals surface area contributed by atoms with E-state index in [1.165, 1.54) is 6.42 Å². The molecule has 2 aliphatic heterocycles. The van der Waals surface area contributed by atoms with Crippen LogP contribution < -0.4 is 0 Å². The molecule has 0 radical (unpaired) electrons. The van der Waals surface area contributed by atoms with Crippen molar-refractivity contribution in [3.8, 4) is 0 Å². The largest absolute Gasteiger partial charge is 0.525 e. The predicted molar refractivity (Wildman–Crippen MR) is 82.5 cm³/mol. The van der Waals surface area contributed by atoms with Crippen LogP contribution in [0.3, 0.4) is 0 Å². The van der Waals surface area contributed by atoms with Gasteiger partial charge in [0, 0.05) is 13.1 Å². The summed E-state index contributed by atoms with van der Waals surface area (Å²) in [7, 11) is 1.30. The van der Waals surface area contributed by atoms with Crippen LogP contribution in [-0.4, -0.2) is 43.4 Å². The number of nitrogens with zero attached hydrogens (tertiary/aromatic N) is 1. The van der Waals surface area contributed by atoms with Crippen molar-refractivity contribution in [3.05, 3.63) is 11.3 Å². The molecule has 0 spiro atoms. The smallest absolute Gasteiger partial charge is 0.398 e. The van der Waals surface area contributed by atoms with E-state index in [9.17, 15) is 0 Å². The Morgan fingerprint density at radius 3 is 2.43 bits per heavy atom. The maximum Gasteiger partial charge on any atom is 0.525 e. The van der Waals surface area contributed by atoms with Gasteiger partial charge in [-0.3, -0.25) is 0 Å². The average molecular weight is 295 g/mol. The fraction of sp³-hybridized carbons (Fsp3) is 0.875. The van der Waals surface area contributed by atoms with Gasteiger partial charge in [-0.25, -0.2) is 4.39 Å². The van der Waals surface area contributed by atoms with Crippen molar-refractivity contribution in [3.63, 3.8) is 0 Å². The summed E-state index contributed by atoms with van der Waals surface area (Å²) in [6, 6.07) is 0. The van der Waals surface area contributed by atoms with Gasteiger partial charge in [0.1, 0.15) is 5.73 Å². The summed E-state index contributed by atoms with van der Waals surface area (Å²) in [6.45, 7) is 9.93. The van der Waals surface area contributed by atoms with Gasteiger partial charge in [0.05, 0.1) is 11.2 Å². The molecule has 2 unspecified atom stereocenters. The topological polar surface area (TPSA) is 21.7 Å². The molecule has 0 bridgehead atoms. The Balaban J connectivity index is 1.85. The van der Waals surface area contributed by atoms with Crippen LogP contribution in [0.5, 0.6) is 0 Å². The molecule has 118 valence electrons. The molecule has 21 heavy (non-hydrogen) atoms. The molecular weight excluding hydrogens is 268 g/mol. The molecule has 0 aromatic rings. The minimum Gasteiger partial charge on any atom is -0.398 e. The first-order chi connectivity index (χ1) is 9.71. The zero-order chi connectivity index (χ0) is 15.4. The molecule has 0 amide bonds. The highest BCUT2D eigenvalue weighted by molar-refractivity contribution is 6.53. The minimum atomic E-state index is -0.824. The molecule has 3 fully saturated rings. The lowest BCUT2D eigenvalue weighted by atomic mass is 9.72. The number of halogens is 1. The summed E-state index contributed by atoms with van der Waals surface area (Å²) >= 11 is 0. The van der Waals surface area contributed by atoms with Gasteiger partial charge in [0.25, 0.3) is 0 Å². The number of hydrogen-bond donors (Lipinski definition) is 0. The van der Waals surface area contributed by atoms with Crippen LogP contribution in [0.1, 0.15) is 47.0 Å². The van der Waals surface area contributed by atoms with Crippen LogP contribution in [0.25, 0.3) is 0 Å². The minimum absolute atomic E-state index is 0.154. The Morgan fingerprint density at radius 2 is 1.81 bits per heavy atom. The standard InChI is InChI=1S/C16H27BFNO2/c1-15(2)16(3,4)21-17(20-15)14(18)12-8-6-7-11-9-19(5)10-13(11)12/h11,13H,6-10H2,1-5H3. The van der Waals surface area contributed by atoms with E-state index < -0.39 is 18.3 Å². The van der Waals surface area contributed by atoms with Gasteiger partial charge in [-0.1, -0.05) is 0 Å². The summed E-state index contributed by atoms with van der Waals surface area (Å²) in [6.07, 6.45) is 3.15. The van der Waals surface area contributed by atoms with E-state index in [0.717, 1.165) is 31.5 Å². The highest BCUT2D eigenvalue weighted by atomic mass is 19.1. The molecule has 0 N–H and O–H groups in total. The lowest BCUT2D eigenvalue weighted by Crippen LogP contribution is -2.41. The van der Waals surface area contributed by atoms with Crippen molar-refractivity contribution < 1.29 is 13.7 Å². The quantitative estimate of drug-likeness (QED) is 0.693. The van der Waals surface area contributed by atoms with E-state index >= 15 is 4.39 Å². The molecule has 1 aliphatic carbocycles. The van der Waals surface area contributed by atoms with Crippen LogP contribution in [0, 0.1) is 11.8 Å². The average Bonchev–Trinajstić information content (AvgIpc) is 2.85. The van der Waals surface area contributed by atoms with E-state index in [1.54, 1.807) is 0 Å². The van der Waals surface area contributed by atoms with Crippen molar-refractivity contribution in [1.29, 1.82) is 0 Å². The second-order valence-corrected chi connectivity index (χ2v) is 7.94. The van der Waals surface area contributed by atoms with Crippen LogP contribution in [0.4, 0.5) is 4.39 Å². The summed E-state index contributed by atoms with van der Waals surface area (Å²) in [4.78, 5) is 2.32. The highest BCUT2D eigenvalue weighted by Crippen LogP contribution is 2.44. The maximum absolute atomic E-state index is 15.1. The Morgan fingerprint density at radius 1 is 1.19 bits per heavy atom. The molecule has 0 aromatic carbocycles. The second-order valence-electron chi connectivity index (χ2n) is 7.94. The van der Waals surface area contributed by atoms with Crippen molar-refractivity contribution in [2.75, 3.05) is 20.1 Å². The van der Waals surface area contributed by atoms with E-state index in [1.807, 2.05) is 27.7 Å². The molecule has 1 saturated carbocycles. The highest BCUT2D eigenvalue weighted by Gasteiger charge is 2.54. The lowest BCUT2D eigenvalue weighted by molar-refractivity contribution is 0.00578. The number of fused-ring (bicyclic) bond motifs is 1. The maximum atomic E-state index is 15.1. The van der Waals surface area contributed by atoms with Gasteiger partial charge in [0.2, 0.25) is 0 Å². The van der Waals surface area contributed by atoms with Gasteiger partial charge < -0.3 is 14.2 Å². The van der Waals surface area contributed by atoms with Gasteiger partial charge in [0.15, 0.2) is 0 Å². The van der Waals surface area contributed by atoms with Crippen molar-refractivity contribution in [2.45, 2.75) is 58.2 Å². The van der Waals surface area contributed by atoms with Crippen molar-refractivity contribution in [1.82, 2.24) is 4.90 Å². The molecule has 3 rings (SSSR count). The van der Waals surface area contributed by atoms with Crippen molar-refractivity contribution in [2.24, 2.45) is 11.8 Å². The molecular formula is C16H27BFNO2. The van der Waals surface area contributed by atoms with E-state index in [-0.39, 0.29) is 5.73 Å². The van der Waals surface area contributed by atoms with E-state index in [2.05, 4.69) is 11.9 Å². The lowest BCUT2D eigenvalue weighted by Gasteiger charge is -2.32. The number of likely N-dealkylation sites (tertiary alicyclic amines) is 1. The van der Waals surface area contributed by atoms with E-state index in [4.69, 9.17) is 9.31 Å². The molecule has 2 heterocycles. The first-order valence-electron chi connectivity index (χ1n) is 8.14. The Hall–Kier alpha value is -0.385. The summed E-state index contributed by atoms with van der Waals surface area (Å²) in [5, 5.41) is 0. The first-order valence-corrected chi connectivity index (χ1v) is 8.14. The number of rotatable bonds is 1. The summed E-state index contributed by atoms with van der Waals surface area (Å²) in [5.41, 5.74) is -0.153. The van der Waals surface area contributed by atoms with Crippen LogP contribution in [0.2, 0.25) is 0 Å². The second kappa shape index (κ2) is 5.07. The number of hydrogen-bond acceptors (Lipinski definition) is 3. The molecule has 0 aromatic heterocycles. The summed E-state index contributed by atoms with van der Waals surface area (Å²) < 4.78 is 26.8. The molecule has 3 aliphatic rings. The molecule has 2 atom stereocenters. The summed E-state index contributed by atoms with van der Waals surface area (Å²) in [5.74, 6) is 0.953. The van der Waals surface area contributed by atoms with Crippen LogP contribution >= 0.6 is 0 Å². The fourth-order valence-electron chi connectivity index (χ4n) is 3.91. The SMILES string of the molecule is CN1CC2CCCC(=C(F)B3OC(C)(C)C(C)(C)O3)C2C1. The van der Waals surface area contributed by atoms with Gasteiger partial charge in [-0.15, -0.1) is 0 Å². The monoisotopic (exact) mass is 295 g/mol. The molecule has 3 nitrogen and oxygen atoms in total. The first kappa shape index (κ1) is 15.5. The molecule has 2 saturated heterocycles. The third kappa shape index (κ3) is 2.58. The third-order valence-corrected chi connectivity index (χ3v) is 5.86. The van der Waals surface area contributed by atoms with E-state index in [0.29, 0.717) is 11.8 Å². The van der Waals surface area contributed by atoms with Gasteiger partial charge in [-0.05, 0) is 71.4 Å². The third-order valence-electron chi connectivity index (χ3n) is 5.86. The van der Waals surface area contributed by atoms with Gasteiger partial charge >= 0.3 is 7.12 Å². The Labute approximate surface area is 128 Å².